The number of nitrogens with zero attached hydrogens (tertiary/aromatic N) is 1. The van der Waals surface area contributed by atoms with Gasteiger partial charge in [0, 0.05) is 18.3 Å². The van der Waals surface area contributed by atoms with E-state index in [2.05, 4.69) is 15.6 Å². The van der Waals surface area contributed by atoms with Crippen LogP contribution in [0.15, 0.2) is 44.9 Å². The molecule has 1 aromatic carbocycles. The molecule has 3 N–H and O–H groups in total. The number of aliphatic hydroxyl groups excluding tert-OH is 1. The minimum absolute atomic E-state index is 0. The van der Waals surface area contributed by atoms with Crippen LogP contribution in [0.1, 0.15) is 6.92 Å². The third-order valence-electron chi connectivity index (χ3n) is 3.66. The van der Waals surface area contributed by atoms with Gasteiger partial charge in [-0.05, 0) is 30.5 Å². The Morgan fingerprint density at radius 2 is 1.97 bits per heavy atom. The van der Waals surface area contributed by atoms with Crippen molar-refractivity contribution in [2.75, 3.05) is 38.4 Å². The summed E-state index contributed by atoms with van der Waals surface area (Å²) in [4.78, 5) is 4.28. The van der Waals surface area contributed by atoms with Crippen molar-refractivity contribution in [3.05, 3.63) is 35.7 Å². The van der Waals surface area contributed by atoms with Crippen LogP contribution in [-0.2, 0) is 9.84 Å². The van der Waals surface area contributed by atoms with Crippen LogP contribution in [0.4, 0.5) is 5.69 Å². The normalized spacial score (nSPS) is 12.6. The van der Waals surface area contributed by atoms with Gasteiger partial charge >= 0.3 is 0 Å². The maximum absolute atomic E-state index is 12.2. The van der Waals surface area contributed by atoms with Crippen LogP contribution in [0.25, 0.3) is 0 Å². The summed E-state index contributed by atoms with van der Waals surface area (Å²) in [6.45, 7) is 2.44. The first-order valence-corrected chi connectivity index (χ1v) is 11.1. The number of guanidine groups is 1. The van der Waals surface area contributed by atoms with Crippen LogP contribution < -0.4 is 20.1 Å². The zero-order valence-corrected chi connectivity index (χ0v) is 20.4. The van der Waals surface area contributed by atoms with Gasteiger partial charge in [0.2, 0.25) is 0 Å². The fraction of sp³-hybridized carbons (Fsp3) is 0.389. The summed E-state index contributed by atoms with van der Waals surface area (Å²) in [6.07, 6.45) is -1.12. The number of hydrogen-bond donors (Lipinski definition) is 3. The molecule has 1 atom stereocenters. The quantitative estimate of drug-likeness (QED) is 0.248. The van der Waals surface area contributed by atoms with E-state index in [1.165, 1.54) is 6.07 Å². The lowest BCUT2D eigenvalue weighted by atomic mass is 10.3. The Bertz CT molecular complexity index is 889. The number of hydrogen-bond acceptors (Lipinski definition) is 7. The lowest BCUT2D eigenvalue weighted by Crippen LogP contribution is -2.32. The second-order valence-electron chi connectivity index (χ2n) is 5.78. The predicted octanol–water partition coefficient (Wildman–Crippen LogP) is 2.60. The van der Waals surface area contributed by atoms with Gasteiger partial charge in [0.25, 0.3) is 0 Å². The van der Waals surface area contributed by atoms with Gasteiger partial charge in [0.15, 0.2) is 27.3 Å². The van der Waals surface area contributed by atoms with Crippen LogP contribution in [0.2, 0.25) is 0 Å². The molecule has 0 aliphatic carbocycles. The molecule has 0 aliphatic rings. The lowest BCUT2D eigenvalue weighted by Gasteiger charge is -2.15. The van der Waals surface area contributed by atoms with Gasteiger partial charge in [0.05, 0.1) is 32.6 Å². The third kappa shape index (κ3) is 7.64. The number of thiophene rings is 1. The number of methoxy groups -OCH3 is 2. The van der Waals surface area contributed by atoms with Crippen molar-refractivity contribution in [3.63, 3.8) is 0 Å². The summed E-state index contributed by atoms with van der Waals surface area (Å²) in [7, 11) is -0.419. The monoisotopic (exact) mass is 555 g/mol. The van der Waals surface area contributed by atoms with Crippen LogP contribution in [0.5, 0.6) is 11.5 Å². The van der Waals surface area contributed by atoms with E-state index in [1.54, 1.807) is 43.9 Å². The standard InChI is InChI=1S/C18H25N3O5S2.HI/c1-4-19-18(21-13-7-8-15(25-2)16(10-13)26-3)20-11-14(22)12-28(23,24)17-6-5-9-27-17;/h5-10,14,22H,4,11-12H2,1-3H3,(H2,19,20,21);1H. The number of aliphatic hydroxyl groups is 1. The number of nitrogens with one attached hydrogen (secondary N) is 2. The molecule has 1 heterocycles. The van der Waals surface area contributed by atoms with Crippen LogP contribution in [0, 0.1) is 0 Å². The molecule has 0 bridgehead atoms. The van der Waals surface area contributed by atoms with Crippen molar-refractivity contribution in [2.45, 2.75) is 17.2 Å². The topological polar surface area (TPSA) is 109 Å². The molecule has 2 rings (SSSR count). The molecule has 0 amide bonds. The smallest absolute Gasteiger partial charge is 0.195 e. The Kier molecular flexibility index (Phi) is 10.7. The second-order valence-corrected chi connectivity index (χ2v) is 8.99. The third-order valence-corrected chi connectivity index (χ3v) is 6.95. The van der Waals surface area contributed by atoms with E-state index in [9.17, 15) is 13.5 Å². The number of aliphatic imine (C=N–C) groups is 1. The predicted molar refractivity (Wildman–Crippen MR) is 127 cm³/mol. The average molecular weight is 555 g/mol. The molecular formula is C18H26IN3O5S2. The van der Waals surface area contributed by atoms with E-state index in [4.69, 9.17) is 9.47 Å². The van der Waals surface area contributed by atoms with E-state index in [-0.39, 0.29) is 40.5 Å². The van der Waals surface area contributed by atoms with Crippen LogP contribution >= 0.6 is 35.3 Å². The Hall–Kier alpha value is -1.57. The van der Waals surface area contributed by atoms with E-state index in [1.807, 2.05) is 6.92 Å². The number of benzene rings is 1. The molecule has 29 heavy (non-hydrogen) atoms. The Morgan fingerprint density at radius 1 is 1.24 bits per heavy atom. The fourth-order valence-electron chi connectivity index (χ4n) is 2.38. The minimum atomic E-state index is -3.52. The summed E-state index contributed by atoms with van der Waals surface area (Å²) >= 11 is 1.13. The zero-order chi connectivity index (χ0) is 20.6. The van der Waals surface area contributed by atoms with Gasteiger partial charge in [0.1, 0.15) is 4.21 Å². The summed E-state index contributed by atoms with van der Waals surface area (Å²) in [5, 5.41) is 18.0. The molecule has 0 aliphatic heterocycles. The summed E-state index contributed by atoms with van der Waals surface area (Å²) in [5.41, 5.74) is 0.707. The highest BCUT2D eigenvalue weighted by Crippen LogP contribution is 2.29. The van der Waals surface area contributed by atoms with Crippen molar-refractivity contribution < 1.29 is 23.0 Å². The van der Waals surface area contributed by atoms with E-state index < -0.39 is 15.9 Å². The molecule has 0 fully saturated rings. The van der Waals surface area contributed by atoms with E-state index in [0.29, 0.717) is 29.7 Å². The summed E-state index contributed by atoms with van der Waals surface area (Å²) in [5.74, 6) is 1.20. The Balaban J connectivity index is 0.00000420. The van der Waals surface area contributed by atoms with Gasteiger partial charge in [-0.2, -0.15) is 0 Å². The maximum atomic E-state index is 12.2. The highest BCUT2D eigenvalue weighted by atomic mass is 127. The first-order chi connectivity index (χ1) is 13.4. The molecule has 0 radical (unpaired) electrons. The van der Waals surface area contributed by atoms with Crippen molar-refractivity contribution in [3.8, 4) is 11.5 Å². The SMILES string of the molecule is CCNC(=NCC(O)CS(=O)(=O)c1cccs1)Nc1ccc(OC)c(OC)c1.I. The number of rotatable bonds is 9. The average Bonchev–Trinajstić information content (AvgIpc) is 3.21. The van der Waals surface area contributed by atoms with E-state index >= 15 is 0 Å². The molecule has 162 valence electrons. The van der Waals surface area contributed by atoms with Crippen molar-refractivity contribution in [2.24, 2.45) is 4.99 Å². The van der Waals surface area contributed by atoms with Crippen molar-refractivity contribution in [1.82, 2.24) is 5.32 Å². The lowest BCUT2D eigenvalue weighted by molar-refractivity contribution is 0.206. The van der Waals surface area contributed by atoms with Crippen LogP contribution in [-0.4, -0.2) is 58.6 Å². The Labute approximate surface area is 192 Å². The summed E-state index contributed by atoms with van der Waals surface area (Å²) < 4.78 is 35.2. The number of halogens is 1. The minimum Gasteiger partial charge on any atom is -0.493 e. The first kappa shape index (κ1) is 25.5. The van der Waals surface area contributed by atoms with Gasteiger partial charge in [-0.25, -0.2) is 8.42 Å². The number of ether oxygens (including phenoxy) is 2. The van der Waals surface area contributed by atoms with E-state index in [0.717, 1.165) is 11.3 Å². The van der Waals surface area contributed by atoms with Crippen molar-refractivity contribution >= 4 is 56.8 Å². The molecule has 0 spiro atoms. The first-order valence-electron chi connectivity index (χ1n) is 8.61. The zero-order valence-electron chi connectivity index (χ0n) is 16.4. The van der Waals surface area contributed by atoms with Gasteiger partial charge in [-0.1, -0.05) is 6.07 Å². The molecule has 2 aromatic rings. The van der Waals surface area contributed by atoms with Gasteiger partial charge in [-0.15, -0.1) is 35.3 Å². The summed E-state index contributed by atoms with van der Waals surface area (Å²) in [6, 6.07) is 8.50. The Morgan fingerprint density at radius 3 is 2.55 bits per heavy atom. The highest BCUT2D eigenvalue weighted by molar-refractivity contribution is 14.0. The number of sulfone groups is 1. The van der Waals surface area contributed by atoms with Crippen molar-refractivity contribution in [1.29, 1.82) is 0 Å². The second kappa shape index (κ2) is 12.2. The molecule has 8 nitrogen and oxygen atoms in total. The van der Waals surface area contributed by atoms with Gasteiger partial charge in [-0.3, -0.25) is 4.99 Å². The largest absolute Gasteiger partial charge is 0.493 e. The number of anilines is 1. The molecule has 0 saturated heterocycles. The molecular weight excluding hydrogens is 529 g/mol. The van der Waals surface area contributed by atoms with Gasteiger partial charge < -0.3 is 25.2 Å². The maximum Gasteiger partial charge on any atom is 0.195 e. The molecule has 1 unspecified atom stereocenters. The molecule has 11 heteroatoms. The molecule has 0 saturated carbocycles. The molecule has 1 aromatic heterocycles. The van der Waals surface area contributed by atoms with Crippen LogP contribution in [0.3, 0.4) is 0 Å². The highest BCUT2D eigenvalue weighted by Gasteiger charge is 2.20. The fourth-order valence-corrected chi connectivity index (χ4v) is 4.85.